The molecule has 6 aromatic carbocycles. The Morgan fingerprint density at radius 3 is 1.50 bits per heavy atom. The molecular weight excluding hydrogens is 1490 g/mol. The number of ether oxygens (including phenoxy) is 2. The molecule has 0 unspecified atom stereocenters. The van der Waals surface area contributed by atoms with Crippen molar-refractivity contribution in [3.63, 3.8) is 0 Å². The van der Waals surface area contributed by atoms with Crippen molar-refractivity contribution in [2.45, 2.75) is 180 Å². The zero-order valence-corrected chi connectivity index (χ0v) is 66.5. The van der Waals surface area contributed by atoms with Crippen molar-refractivity contribution in [3.05, 3.63) is 196 Å². The molecule has 3 aromatic heterocycles. The van der Waals surface area contributed by atoms with Gasteiger partial charge in [-0.1, -0.05) is 161 Å². The van der Waals surface area contributed by atoms with E-state index >= 15 is 24.0 Å². The van der Waals surface area contributed by atoms with Crippen LogP contribution < -0.4 is 52.4 Å². The number of benzene rings is 6. The number of likely N-dealkylation sites (N-methyl/N-ethyl adjacent to an activating group) is 2. The number of nitrogens with one attached hydrogen (secondary N) is 8. The molecule has 9 N–H and O–H groups in total. The summed E-state index contributed by atoms with van der Waals surface area (Å²) >= 11 is 0. The van der Waals surface area contributed by atoms with E-state index in [4.69, 9.17) is 13.9 Å². The fourth-order valence-electron chi connectivity index (χ4n) is 15.0. The Labute approximate surface area is 669 Å². The molecule has 9 heterocycles. The van der Waals surface area contributed by atoms with Gasteiger partial charge >= 0.3 is 11.7 Å². The Morgan fingerprint density at radius 1 is 0.560 bits per heavy atom. The lowest BCUT2D eigenvalue weighted by atomic mass is 9.85. The molecule has 9 aromatic rings. The molecule has 15 rings (SSSR count). The minimum atomic E-state index is -1.44. The average Bonchev–Trinajstić information content (AvgIpc) is 1.62. The third-order valence-corrected chi connectivity index (χ3v) is 21.8. The van der Waals surface area contributed by atoms with Gasteiger partial charge in [0, 0.05) is 44.7 Å². The van der Waals surface area contributed by atoms with Gasteiger partial charge in [0.1, 0.15) is 78.1 Å². The molecule has 610 valence electrons. The van der Waals surface area contributed by atoms with Crippen molar-refractivity contribution in [3.8, 4) is 11.5 Å². The maximum absolute atomic E-state index is 15.8. The number of amides is 8. The standard InChI is InChI=1S/C84H99N17O15/c1-47(85-9)73(104)90-71(83(3,4)5)79(109)98-33-31-65-69(98)76(107)87-63(40-52-20-26-54-16-12-14-18-56(54)37-52)75(106)88-64(78-94-95-82(113)116-78)39-50-23-29-62(30-24-50)115-46-60-44-101(97-93-60)66-32-34-99(80(110)72(84(6,7)8)91-74(105)48(2)86-10)70(66)77(108)89-68(103)42-57(38-51-19-25-53-15-11-13-17-55(53)36-51)67(102)41-58(81(111)112)35-49-21-27-61(28-22-49)114-45-59-43-100(65)96-92-59/h11-30,36-37,43-44,47-48,57-58,63-66,69-72,85-86H,31-35,38-42,45-46H2,1-10H3,(H,87,107)(H,88,106)(H,90,104)(H,91,105)(H,95,113)(H,111,112)(H,89,103,108)/t47-,48-,57+,58+,63-,64-,65+,66+,69-,70-,71+,72+/m0/s1. The summed E-state index contributed by atoms with van der Waals surface area (Å²) < 4.78 is 20.9. The number of carbonyl (C=O) groups is 10. The van der Waals surface area contributed by atoms with Crippen LogP contribution >= 0.6 is 0 Å². The molecule has 0 saturated carbocycles. The van der Waals surface area contributed by atoms with Crippen LogP contribution in [-0.4, -0.2) is 184 Å². The number of Topliss-reactive ketones (excluding diaryl/α,β-unsaturated/α-hetero) is 1. The number of carbonyl (C=O) groups excluding carboxylic acids is 9. The Bertz CT molecular complexity index is 5160. The summed E-state index contributed by atoms with van der Waals surface area (Å²) in [5.74, 6) is -10.0. The Morgan fingerprint density at radius 2 is 1.03 bits per heavy atom. The molecule has 0 aliphatic carbocycles. The molecule has 8 bridgehead atoms. The number of H-pyrrole nitrogens is 1. The van der Waals surface area contributed by atoms with Gasteiger partial charge in [-0.05, 0) is 133 Å². The van der Waals surface area contributed by atoms with Gasteiger partial charge in [0.15, 0.2) is 0 Å². The molecule has 6 aliphatic heterocycles. The van der Waals surface area contributed by atoms with Crippen LogP contribution in [0.25, 0.3) is 21.5 Å². The molecule has 8 amide bonds. The molecule has 2 fully saturated rings. The lowest BCUT2D eigenvalue weighted by Gasteiger charge is -2.37. The summed E-state index contributed by atoms with van der Waals surface area (Å²) in [6, 6.07) is 28.9. The van der Waals surface area contributed by atoms with Crippen LogP contribution in [0.2, 0.25) is 0 Å². The summed E-state index contributed by atoms with van der Waals surface area (Å²) in [5, 5.41) is 58.7. The number of aromatic amines is 1. The normalized spacial score (nSPS) is 21.5. The first kappa shape index (κ1) is 83.1. The lowest BCUT2D eigenvalue weighted by Crippen LogP contribution is -2.61. The molecule has 0 spiro atoms. The van der Waals surface area contributed by atoms with Crippen molar-refractivity contribution >= 4 is 80.6 Å². The van der Waals surface area contributed by atoms with Crippen LogP contribution in [0.3, 0.4) is 0 Å². The third-order valence-electron chi connectivity index (χ3n) is 21.8. The van der Waals surface area contributed by atoms with E-state index in [0.29, 0.717) is 45.1 Å². The summed E-state index contributed by atoms with van der Waals surface area (Å²) in [7, 11) is 3.22. The molecule has 6 aliphatic rings. The highest BCUT2D eigenvalue weighted by Gasteiger charge is 2.51. The molecule has 32 nitrogen and oxygen atoms in total. The van der Waals surface area contributed by atoms with Crippen molar-refractivity contribution in [2.75, 3.05) is 27.2 Å². The number of nitrogens with zero attached hydrogens (tertiary/aromatic N) is 9. The fraction of sp³-hybridized carbons (Fsp3) is 0.429. The van der Waals surface area contributed by atoms with Crippen LogP contribution in [0.4, 0.5) is 0 Å². The summed E-state index contributed by atoms with van der Waals surface area (Å²) in [6.45, 7) is 13.6. The van der Waals surface area contributed by atoms with Crippen molar-refractivity contribution < 1.29 is 66.9 Å². The number of rotatable bonds is 14. The van der Waals surface area contributed by atoms with E-state index < -0.39 is 161 Å². The van der Waals surface area contributed by atoms with Gasteiger partial charge in [-0.15, -0.1) is 15.3 Å². The van der Waals surface area contributed by atoms with E-state index in [1.165, 1.54) is 19.2 Å². The van der Waals surface area contributed by atoms with Crippen molar-refractivity contribution in [1.82, 2.24) is 87.2 Å². The second-order valence-electron chi connectivity index (χ2n) is 32.3. The number of ketones is 1. The number of fused-ring (bicyclic) bond motifs is 2. The highest BCUT2D eigenvalue weighted by atomic mass is 16.5. The second-order valence-corrected chi connectivity index (χ2v) is 32.3. The summed E-state index contributed by atoms with van der Waals surface area (Å²) in [5.41, 5.74) is 1.26. The Kier molecular flexibility index (Phi) is 25.8. The van der Waals surface area contributed by atoms with E-state index in [0.717, 1.165) is 21.5 Å². The van der Waals surface area contributed by atoms with Gasteiger partial charge in [0.2, 0.25) is 47.2 Å². The van der Waals surface area contributed by atoms with Crippen molar-refractivity contribution in [2.24, 2.45) is 22.7 Å². The fourth-order valence-corrected chi connectivity index (χ4v) is 15.0. The number of imide groups is 1. The lowest BCUT2D eigenvalue weighted by molar-refractivity contribution is -0.146. The van der Waals surface area contributed by atoms with Gasteiger partial charge in [-0.3, -0.25) is 53.3 Å². The number of carboxylic acids is 1. The first-order chi connectivity index (χ1) is 55.4. The number of aromatic nitrogens is 8. The third kappa shape index (κ3) is 20.1. The molecule has 116 heavy (non-hydrogen) atoms. The number of hydrogen-bond donors (Lipinski definition) is 9. The maximum atomic E-state index is 15.8. The summed E-state index contributed by atoms with van der Waals surface area (Å²) in [4.78, 5) is 162. The quantitative estimate of drug-likeness (QED) is 0.0606. The van der Waals surface area contributed by atoms with Gasteiger partial charge in [0.25, 0.3) is 5.91 Å². The second kappa shape index (κ2) is 36.0. The zero-order chi connectivity index (χ0) is 82.9. The van der Waals surface area contributed by atoms with Crippen molar-refractivity contribution in [1.29, 1.82) is 0 Å². The molecule has 12 atom stereocenters. The number of hydrogen-bond acceptors (Lipinski definition) is 21. The van der Waals surface area contributed by atoms with E-state index in [2.05, 4.69) is 68.0 Å². The van der Waals surface area contributed by atoms with Crippen LogP contribution in [0.5, 0.6) is 11.5 Å². The zero-order valence-electron chi connectivity index (χ0n) is 66.5. The molecule has 32 heteroatoms. The van der Waals surface area contributed by atoms with E-state index in [9.17, 15) is 33.9 Å². The smallest absolute Gasteiger partial charge is 0.434 e. The first-order valence-corrected chi connectivity index (χ1v) is 38.9. The van der Waals surface area contributed by atoms with Gasteiger partial charge < -0.3 is 60.7 Å². The van der Waals surface area contributed by atoms with Crippen LogP contribution in [0, 0.1) is 22.7 Å². The predicted molar refractivity (Wildman–Crippen MR) is 424 cm³/mol. The summed E-state index contributed by atoms with van der Waals surface area (Å²) in [6.07, 6.45) is 2.13. The van der Waals surface area contributed by atoms with Gasteiger partial charge in [0.05, 0.1) is 42.5 Å². The van der Waals surface area contributed by atoms with E-state index in [-0.39, 0.29) is 70.7 Å². The number of likely N-dealkylation sites (tertiary alicyclic amines) is 2. The molecular formula is C84H99N17O15. The SMILES string of the molecule is CN[C@@H](C)C(=O)N[C@H](C(=O)N1CC[C@@H]2[C@H]1C(=O)NC(=O)C[C@@H](Cc1ccc3ccccc3c1)C(=O)C[C@H](C(=O)O)Cc1ccc(cc1)OCc1cn(nn1)[C@@H]1CCN(C(=O)[C@@H](NC(=O)[C@H](C)NC)C(C)(C)C)[C@@H]1C(=O)N[C@@H](Cc1ccc3ccccc3c1)C(=O)N[C@H](c1n[nH]c(=O)o1)Cc1ccc(cc1)OCc1cn2nn1)C(C)(C)C. The Hall–Kier alpha value is -12.3. The van der Waals surface area contributed by atoms with Crippen LogP contribution in [0.15, 0.2) is 155 Å². The highest BCUT2D eigenvalue weighted by molar-refractivity contribution is 6.02. The van der Waals surface area contributed by atoms with Crippen LogP contribution in [0.1, 0.15) is 139 Å². The molecule has 2 saturated heterocycles. The first-order valence-electron chi connectivity index (χ1n) is 38.9. The topological polar surface area (TPSA) is 420 Å². The van der Waals surface area contributed by atoms with E-state index in [1.807, 2.05) is 84.9 Å². The monoisotopic (exact) mass is 1590 g/mol. The highest BCUT2D eigenvalue weighted by Crippen LogP contribution is 2.36. The number of carboxylic acid groups (broad SMARTS) is 1. The minimum absolute atomic E-state index is 0.00351. The van der Waals surface area contributed by atoms with Crippen LogP contribution in [-0.2, 0) is 86.8 Å². The average molecular weight is 1590 g/mol. The van der Waals surface area contributed by atoms with E-state index in [1.54, 1.807) is 130 Å². The van der Waals surface area contributed by atoms with Gasteiger partial charge in [-0.2, -0.15) is 0 Å². The van der Waals surface area contributed by atoms with Gasteiger partial charge in [-0.25, -0.2) is 19.3 Å². The minimum Gasteiger partial charge on any atom is -0.487 e. The Balaban J connectivity index is 0.891. The predicted octanol–water partition coefficient (Wildman–Crippen LogP) is 5.51. The maximum Gasteiger partial charge on any atom is 0.434 e. The largest absolute Gasteiger partial charge is 0.487 e. The molecule has 0 radical (unpaired) electrons. The number of aliphatic carboxylic acids is 1.